The lowest BCUT2D eigenvalue weighted by molar-refractivity contribution is -0.0758. The highest BCUT2D eigenvalue weighted by atomic mass is 16.7. The van der Waals surface area contributed by atoms with E-state index in [9.17, 15) is 0 Å². The summed E-state index contributed by atoms with van der Waals surface area (Å²) in [6, 6.07) is 0. The fraction of sp³-hybridized carbons (Fsp3) is 0.833. The van der Waals surface area contributed by atoms with Crippen LogP contribution in [0.15, 0.2) is 0 Å². The third kappa shape index (κ3) is 2.79. The van der Waals surface area contributed by atoms with Crippen LogP contribution in [-0.2, 0) is 14.2 Å². The second-order valence-corrected chi connectivity index (χ2v) is 1.61. The van der Waals surface area contributed by atoms with Crippen molar-refractivity contribution in [2.24, 2.45) is 0 Å². The van der Waals surface area contributed by atoms with Gasteiger partial charge in [-0.05, 0) is 6.92 Å². The van der Waals surface area contributed by atoms with Gasteiger partial charge in [-0.2, -0.15) is 0 Å². The van der Waals surface area contributed by atoms with Crippen LogP contribution >= 0.6 is 0 Å². The van der Waals surface area contributed by atoms with Gasteiger partial charge in [0, 0.05) is 21.3 Å². The minimum atomic E-state index is -0.0972. The van der Waals surface area contributed by atoms with Crippen LogP contribution in [0.25, 0.3) is 0 Å². The van der Waals surface area contributed by atoms with E-state index >= 15 is 0 Å². The monoisotopic (exact) mass is 133 g/mol. The Labute approximate surface area is 55.9 Å². The summed E-state index contributed by atoms with van der Waals surface area (Å²) in [5, 5.41) is 0. The van der Waals surface area contributed by atoms with E-state index in [1.165, 1.54) is 0 Å². The first-order valence-electron chi connectivity index (χ1n) is 2.73. The minimum Gasteiger partial charge on any atom is -0.376 e. The van der Waals surface area contributed by atoms with E-state index in [0.29, 0.717) is 6.29 Å². The van der Waals surface area contributed by atoms with Gasteiger partial charge in [-0.1, -0.05) is 0 Å². The van der Waals surface area contributed by atoms with Gasteiger partial charge in [0.2, 0.25) is 0 Å². The van der Waals surface area contributed by atoms with Crippen molar-refractivity contribution in [3.63, 3.8) is 0 Å². The third-order valence-electron chi connectivity index (χ3n) is 1.09. The van der Waals surface area contributed by atoms with E-state index < -0.39 is 0 Å². The summed E-state index contributed by atoms with van der Waals surface area (Å²) in [5.41, 5.74) is 0. The molecule has 0 aromatic heterocycles. The molecule has 1 radical (unpaired) electrons. The standard InChI is InChI=1S/C6H13O3/c1-5(7-2)6(8-3)9-4/h5H,1-4H3. The molecule has 3 heteroatoms. The van der Waals surface area contributed by atoms with Crippen molar-refractivity contribution < 1.29 is 14.2 Å². The van der Waals surface area contributed by atoms with Gasteiger partial charge < -0.3 is 14.2 Å². The molecule has 0 rings (SSSR count). The van der Waals surface area contributed by atoms with Gasteiger partial charge in [0.1, 0.15) is 6.10 Å². The van der Waals surface area contributed by atoms with Gasteiger partial charge in [-0.25, -0.2) is 0 Å². The van der Waals surface area contributed by atoms with E-state index in [4.69, 9.17) is 14.2 Å². The van der Waals surface area contributed by atoms with Crippen LogP contribution in [-0.4, -0.2) is 27.4 Å². The summed E-state index contributed by atoms with van der Waals surface area (Å²) >= 11 is 0. The normalized spacial score (nSPS) is 14.3. The molecule has 0 aromatic rings. The maximum Gasteiger partial charge on any atom is 0.252 e. The molecule has 0 aliphatic rings. The van der Waals surface area contributed by atoms with Crippen LogP contribution in [0, 0.1) is 6.29 Å². The largest absolute Gasteiger partial charge is 0.376 e. The van der Waals surface area contributed by atoms with Gasteiger partial charge in [0.25, 0.3) is 6.29 Å². The topological polar surface area (TPSA) is 27.7 Å². The first kappa shape index (κ1) is 8.88. The van der Waals surface area contributed by atoms with Crippen molar-refractivity contribution in [3.05, 3.63) is 6.29 Å². The average molecular weight is 133 g/mol. The zero-order valence-corrected chi connectivity index (χ0v) is 6.30. The van der Waals surface area contributed by atoms with Crippen LogP contribution in [0.2, 0.25) is 0 Å². The van der Waals surface area contributed by atoms with Crippen LogP contribution in [0.1, 0.15) is 6.92 Å². The highest BCUT2D eigenvalue weighted by Crippen LogP contribution is 2.09. The zero-order valence-electron chi connectivity index (χ0n) is 6.30. The molecule has 0 aliphatic carbocycles. The Morgan fingerprint density at radius 1 is 1.11 bits per heavy atom. The van der Waals surface area contributed by atoms with Crippen LogP contribution in [0.5, 0.6) is 0 Å². The molecule has 1 unspecified atom stereocenters. The molecule has 0 heterocycles. The summed E-state index contributed by atoms with van der Waals surface area (Å²) in [7, 11) is 4.70. The molecule has 0 aromatic carbocycles. The molecular weight excluding hydrogens is 120 g/mol. The molecule has 55 valence electrons. The van der Waals surface area contributed by atoms with Crippen LogP contribution in [0.4, 0.5) is 0 Å². The predicted molar refractivity (Wildman–Crippen MR) is 33.7 cm³/mol. The van der Waals surface area contributed by atoms with E-state index in [-0.39, 0.29) is 6.10 Å². The molecule has 0 saturated carbocycles. The Bertz CT molecular complexity index is 61.3. The highest BCUT2D eigenvalue weighted by Gasteiger charge is 2.16. The SMILES string of the molecule is CO[C](OC)C(C)OC. The second kappa shape index (κ2) is 4.73. The number of hydrogen-bond donors (Lipinski definition) is 0. The average Bonchev–Trinajstić information content (AvgIpc) is 1.90. The first-order chi connectivity index (χ1) is 4.26. The quantitative estimate of drug-likeness (QED) is 0.567. The summed E-state index contributed by atoms with van der Waals surface area (Å²) in [6.07, 6.45) is 0.400. The lowest BCUT2D eigenvalue weighted by Crippen LogP contribution is -2.20. The maximum atomic E-state index is 4.91. The van der Waals surface area contributed by atoms with E-state index in [1.54, 1.807) is 21.3 Å². The Kier molecular flexibility index (Phi) is 4.67. The molecule has 0 fully saturated rings. The van der Waals surface area contributed by atoms with Crippen LogP contribution in [0.3, 0.4) is 0 Å². The van der Waals surface area contributed by atoms with Crippen molar-refractivity contribution in [1.29, 1.82) is 0 Å². The molecule has 0 spiro atoms. The lowest BCUT2D eigenvalue weighted by Gasteiger charge is -2.16. The van der Waals surface area contributed by atoms with E-state index in [1.807, 2.05) is 6.92 Å². The van der Waals surface area contributed by atoms with Gasteiger partial charge >= 0.3 is 0 Å². The molecule has 9 heavy (non-hydrogen) atoms. The Balaban J connectivity index is 3.50. The lowest BCUT2D eigenvalue weighted by atomic mass is 10.4. The maximum absolute atomic E-state index is 4.91. The molecule has 0 saturated heterocycles. The number of hydrogen-bond acceptors (Lipinski definition) is 3. The van der Waals surface area contributed by atoms with Gasteiger partial charge in [-0.15, -0.1) is 0 Å². The van der Waals surface area contributed by atoms with Crippen molar-refractivity contribution in [2.45, 2.75) is 13.0 Å². The summed E-state index contributed by atoms with van der Waals surface area (Å²) < 4.78 is 14.6. The third-order valence-corrected chi connectivity index (χ3v) is 1.09. The molecule has 3 nitrogen and oxygen atoms in total. The number of ether oxygens (including phenoxy) is 3. The molecule has 0 aliphatic heterocycles. The number of rotatable bonds is 4. The fourth-order valence-electron chi connectivity index (χ4n) is 0.511. The number of methoxy groups -OCH3 is 3. The highest BCUT2D eigenvalue weighted by molar-refractivity contribution is 4.72. The van der Waals surface area contributed by atoms with Gasteiger partial charge in [0.05, 0.1) is 0 Å². The van der Waals surface area contributed by atoms with Crippen molar-refractivity contribution >= 4 is 0 Å². The van der Waals surface area contributed by atoms with Crippen molar-refractivity contribution in [2.75, 3.05) is 21.3 Å². The first-order valence-corrected chi connectivity index (χ1v) is 2.73. The van der Waals surface area contributed by atoms with E-state index in [2.05, 4.69) is 0 Å². The Hall–Kier alpha value is -0.120. The second-order valence-electron chi connectivity index (χ2n) is 1.61. The zero-order chi connectivity index (χ0) is 7.28. The Morgan fingerprint density at radius 3 is 1.67 bits per heavy atom. The summed E-state index contributed by atoms with van der Waals surface area (Å²) in [4.78, 5) is 0. The van der Waals surface area contributed by atoms with Gasteiger partial charge in [-0.3, -0.25) is 0 Å². The molecule has 0 N–H and O–H groups in total. The molecular formula is C6H13O3. The Morgan fingerprint density at radius 2 is 1.56 bits per heavy atom. The predicted octanol–water partition coefficient (Wildman–Crippen LogP) is 0.804. The van der Waals surface area contributed by atoms with Crippen molar-refractivity contribution in [3.8, 4) is 0 Å². The summed E-state index contributed by atoms with van der Waals surface area (Å²) in [6.45, 7) is 1.85. The summed E-state index contributed by atoms with van der Waals surface area (Å²) in [5.74, 6) is 0. The fourth-order valence-corrected chi connectivity index (χ4v) is 0.511. The molecule has 0 bridgehead atoms. The molecule has 0 amide bonds. The van der Waals surface area contributed by atoms with Gasteiger partial charge in [0.15, 0.2) is 0 Å². The van der Waals surface area contributed by atoms with E-state index in [0.717, 1.165) is 0 Å². The minimum absolute atomic E-state index is 0.0972. The van der Waals surface area contributed by atoms with Crippen LogP contribution < -0.4 is 0 Å². The smallest absolute Gasteiger partial charge is 0.252 e. The molecule has 1 atom stereocenters. The van der Waals surface area contributed by atoms with Crippen molar-refractivity contribution in [1.82, 2.24) is 0 Å².